The van der Waals surface area contributed by atoms with Gasteiger partial charge in [0.25, 0.3) is 11.6 Å². The summed E-state index contributed by atoms with van der Waals surface area (Å²) in [6.07, 6.45) is 0. The number of nitro groups is 1. The maximum Gasteiger partial charge on any atom is 0.294 e. The average Bonchev–Trinajstić information content (AvgIpc) is 2.46. The van der Waals surface area contributed by atoms with Crippen molar-refractivity contribution in [3.05, 3.63) is 63.7 Å². The van der Waals surface area contributed by atoms with E-state index in [2.05, 4.69) is 10.7 Å². The lowest BCUT2D eigenvalue weighted by molar-refractivity contribution is -0.384. The molecule has 108 valence electrons. The first-order chi connectivity index (χ1) is 10.0. The highest BCUT2D eigenvalue weighted by molar-refractivity contribution is 6.05. The van der Waals surface area contributed by atoms with Gasteiger partial charge >= 0.3 is 0 Å². The molecule has 0 fully saturated rings. The second-order valence-corrected chi connectivity index (χ2v) is 4.46. The van der Waals surface area contributed by atoms with E-state index in [1.54, 1.807) is 6.07 Å². The van der Waals surface area contributed by atoms with Crippen molar-refractivity contribution in [2.24, 2.45) is 5.84 Å². The molecule has 0 spiro atoms. The second-order valence-electron chi connectivity index (χ2n) is 4.46. The van der Waals surface area contributed by atoms with Gasteiger partial charge in [-0.25, -0.2) is 0 Å². The molecule has 2 rings (SSSR count). The minimum Gasteiger partial charge on any atom is -0.322 e. The molecule has 0 bridgehead atoms. The van der Waals surface area contributed by atoms with Gasteiger partial charge < -0.3 is 10.7 Å². The number of nitrogens with one attached hydrogen (secondary N) is 2. The first kappa shape index (κ1) is 14.5. The highest BCUT2D eigenvalue weighted by atomic mass is 16.6. The summed E-state index contributed by atoms with van der Waals surface area (Å²) in [6.45, 7) is 1.90. The van der Waals surface area contributed by atoms with E-state index in [4.69, 9.17) is 5.84 Å². The van der Waals surface area contributed by atoms with E-state index < -0.39 is 10.8 Å². The van der Waals surface area contributed by atoms with E-state index in [1.165, 1.54) is 18.2 Å². The third-order valence-corrected chi connectivity index (χ3v) is 2.89. The zero-order chi connectivity index (χ0) is 15.4. The lowest BCUT2D eigenvalue weighted by atomic mass is 10.1. The van der Waals surface area contributed by atoms with Crippen LogP contribution in [0.2, 0.25) is 0 Å². The molecule has 0 aromatic heterocycles. The van der Waals surface area contributed by atoms with Gasteiger partial charge in [0.05, 0.1) is 4.92 Å². The summed E-state index contributed by atoms with van der Waals surface area (Å²) in [4.78, 5) is 22.5. The smallest absolute Gasteiger partial charge is 0.294 e. The fourth-order valence-electron chi connectivity index (χ4n) is 1.87. The number of hydrazine groups is 1. The number of anilines is 2. The predicted molar refractivity (Wildman–Crippen MR) is 80.0 cm³/mol. The average molecular weight is 286 g/mol. The van der Waals surface area contributed by atoms with Crippen LogP contribution in [0.5, 0.6) is 0 Å². The first-order valence-corrected chi connectivity index (χ1v) is 6.14. The first-order valence-electron chi connectivity index (χ1n) is 6.14. The van der Waals surface area contributed by atoms with Crippen LogP contribution in [0.25, 0.3) is 0 Å². The number of nitrogen functional groups attached to an aromatic ring is 1. The molecule has 2 aromatic rings. The third-order valence-electron chi connectivity index (χ3n) is 2.89. The number of hydrogen-bond acceptors (Lipinski definition) is 5. The summed E-state index contributed by atoms with van der Waals surface area (Å²) in [7, 11) is 0. The van der Waals surface area contributed by atoms with E-state index >= 15 is 0 Å². The number of nitrogens with two attached hydrogens (primary N) is 1. The van der Waals surface area contributed by atoms with Gasteiger partial charge in [-0.05, 0) is 36.8 Å². The Labute approximate surface area is 120 Å². The molecule has 0 aliphatic rings. The second kappa shape index (κ2) is 6.02. The lowest BCUT2D eigenvalue weighted by Gasteiger charge is -2.07. The Bertz CT molecular complexity index is 700. The molecule has 1 amide bonds. The summed E-state index contributed by atoms with van der Waals surface area (Å²) in [5, 5.41) is 13.6. The minimum atomic E-state index is -0.599. The number of carbonyl (C=O) groups is 1. The number of benzene rings is 2. The number of aryl methyl sites for hydroxylation is 1. The molecule has 2 aromatic carbocycles. The predicted octanol–water partition coefficient (Wildman–Crippen LogP) is 2.44. The Morgan fingerprint density at radius 3 is 2.62 bits per heavy atom. The van der Waals surface area contributed by atoms with Gasteiger partial charge in [0, 0.05) is 17.3 Å². The van der Waals surface area contributed by atoms with Gasteiger partial charge in [-0.2, -0.15) is 0 Å². The molecular formula is C14H14N4O3. The van der Waals surface area contributed by atoms with Crippen LogP contribution >= 0.6 is 0 Å². The van der Waals surface area contributed by atoms with Crippen LogP contribution in [0.4, 0.5) is 17.1 Å². The standard InChI is InChI=1S/C14H14N4O3/c1-9-3-2-4-11(7-9)16-14(19)10-5-6-12(17-15)13(8-10)18(20)21/h2-8,17H,15H2,1H3,(H,16,19). The molecule has 7 nitrogen and oxygen atoms in total. The number of nitrogens with zero attached hydrogens (tertiary/aromatic N) is 1. The largest absolute Gasteiger partial charge is 0.322 e. The van der Waals surface area contributed by atoms with Crippen LogP contribution in [-0.4, -0.2) is 10.8 Å². The van der Waals surface area contributed by atoms with Crippen molar-refractivity contribution in [1.82, 2.24) is 0 Å². The molecule has 0 aliphatic carbocycles. The Balaban J connectivity index is 2.27. The van der Waals surface area contributed by atoms with Crippen molar-refractivity contribution in [2.75, 3.05) is 10.7 Å². The van der Waals surface area contributed by atoms with Crippen molar-refractivity contribution in [3.8, 4) is 0 Å². The SMILES string of the molecule is Cc1cccc(NC(=O)c2ccc(NN)c([N+](=O)[O-])c2)c1. The van der Waals surface area contributed by atoms with Crippen molar-refractivity contribution in [3.63, 3.8) is 0 Å². The van der Waals surface area contributed by atoms with Crippen molar-refractivity contribution < 1.29 is 9.72 Å². The Hall–Kier alpha value is -2.93. The maximum atomic E-state index is 12.1. The normalized spacial score (nSPS) is 10.0. The molecule has 21 heavy (non-hydrogen) atoms. The summed E-state index contributed by atoms with van der Waals surface area (Å²) < 4.78 is 0. The molecule has 7 heteroatoms. The molecule has 0 radical (unpaired) electrons. The van der Waals surface area contributed by atoms with Gasteiger partial charge in [-0.3, -0.25) is 20.8 Å². The Morgan fingerprint density at radius 1 is 1.24 bits per heavy atom. The van der Waals surface area contributed by atoms with Crippen LogP contribution in [0.3, 0.4) is 0 Å². The van der Waals surface area contributed by atoms with Crippen LogP contribution in [0, 0.1) is 17.0 Å². The summed E-state index contributed by atoms with van der Waals surface area (Å²) in [5.74, 6) is 4.78. The zero-order valence-corrected chi connectivity index (χ0v) is 11.3. The highest BCUT2D eigenvalue weighted by Gasteiger charge is 2.17. The molecule has 0 atom stereocenters. The van der Waals surface area contributed by atoms with Gasteiger partial charge in [0.15, 0.2) is 0 Å². The molecule has 0 unspecified atom stereocenters. The monoisotopic (exact) mass is 286 g/mol. The summed E-state index contributed by atoms with van der Waals surface area (Å²) >= 11 is 0. The lowest BCUT2D eigenvalue weighted by Crippen LogP contribution is -2.14. The molecule has 0 heterocycles. The zero-order valence-electron chi connectivity index (χ0n) is 11.3. The van der Waals surface area contributed by atoms with E-state index in [9.17, 15) is 14.9 Å². The van der Waals surface area contributed by atoms with Crippen LogP contribution in [0.15, 0.2) is 42.5 Å². The Morgan fingerprint density at radius 2 is 2.00 bits per heavy atom. The fraction of sp³-hybridized carbons (Fsp3) is 0.0714. The van der Waals surface area contributed by atoms with Gasteiger partial charge in [-0.1, -0.05) is 12.1 Å². The van der Waals surface area contributed by atoms with Gasteiger partial charge in [0.2, 0.25) is 0 Å². The third kappa shape index (κ3) is 3.34. The molecule has 0 aliphatic heterocycles. The van der Waals surface area contributed by atoms with E-state index in [1.807, 2.05) is 25.1 Å². The van der Waals surface area contributed by atoms with Crippen molar-refractivity contribution >= 4 is 23.0 Å². The Kier molecular flexibility index (Phi) is 4.15. The van der Waals surface area contributed by atoms with E-state index in [0.29, 0.717) is 5.69 Å². The summed E-state index contributed by atoms with van der Waals surface area (Å²) in [5.41, 5.74) is 3.93. The van der Waals surface area contributed by atoms with Crippen LogP contribution in [0.1, 0.15) is 15.9 Å². The number of rotatable bonds is 4. The van der Waals surface area contributed by atoms with Gasteiger partial charge in [0.1, 0.15) is 5.69 Å². The van der Waals surface area contributed by atoms with E-state index in [-0.39, 0.29) is 16.9 Å². The number of nitro benzene ring substituents is 1. The van der Waals surface area contributed by atoms with Crippen molar-refractivity contribution in [1.29, 1.82) is 0 Å². The van der Waals surface area contributed by atoms with Crippen molar-refractivity contribution in [2.45, 2.75) is 6.92 Å². The van der Waals surface area contributed by atoms with Crippen LogP contribution < -0.4 is 16.6 Å². The maximum absolute atomic E-state index is 12.1. The van der Waals surface area contributed by atoms with Gasteiger partial charge in [-0.15, -0.1) is 0 Å². The summed E-state index contributed by atoms with van der Waals surface area (Å²) in [6, 6.07) is 11.3. The number of hydrogen-bond donors (Lipinski definition) is 3. The number of amides is 1. The fourth-order valence-corrected chi connectivity index (χ4v) is 1.87. The minimum absolute atomic E-state index is 0.145. The molecular weight excluding hydrogens is 272 g/mol. The van der Waals surface area contributed by atoms with E-state index in [0.717, 1.165) is 5.56 Å². The molecule has 0 saturated carbocycles. The quantitative estimate of drug-likeness (QED) is 0.454. The number of carbonyl (C=O) groups excluding carboxylic acids is 1. The molecule has 4 N–H and O–H groups in total. The topological polar surface area (TPSA) is 110 Å². The highest BCUT2D eigenvalue weighted by Crippen LogP contribution is 2.25. The molecule has 0 saturated heterocycles. The van der Waals surface area contributed by atoms with Crippen LogP contribution in [-0.2, 0) is 0 Å².